The van der Waals surface area contributed by atoms with E-state index >= 15 is 0 Å². The number of rotatable bonds is 4. The van der Waals surface area contributed by atoms with Crippen molar-refractivity contribution < 1.29 is 28.7 Å². The number of nitrogens with zero attached hydrogens (tertiary/aromatic N) is 2. The first kappa shape index (κ1) is 30.6. The number of ether oxygens (including phenoxy) is 2. The highest BCUT2D eigenvalue weighted by atomic mass is 16.6. The highest BCUT2D eigenvalue weighted by Gasteiger charge is 2.39. The molecule has 0 aromatic carbocycles. The van der Waals surface area contributed by atoms with E-state index in [-0.39, 0.29) is 49.8 Å². The minimum atomic E-state index is -1.01. The summed E-state index contributed by atoms with van der Waals surface area (Å²) in [6, 6.07) is 0.0243. The Morgan fingerprint density at radius 2 is 1.43 bits per heavy atom. The van der Waals surface area contributed by atoms with Crippen molar-refractivity contribution in [2.75, 3.05) is 46.9 Å². The summed E-state index contributed by atoms with van der Waals surface area (Å²) in [4.78, 5) is 54.0. The fraction of sp³-hybridized carbons (Fsp3) is 0.760. The Balaban J connectivity index is 3.21. The number of Topliss-reactive ketones (excluding diaryl/α,β-unsaturated/α-hetero) is 2. The summed E-state index contributed by atoms with van der Waals surface area (Å²) >= 11 is 0. The number of hydrogen-bond donors (Lipinski definition) is 2. The van der Waals surface area contributed by atoms with Gasteiger partial charge in [-0.1, -0.05) is 13.8 Å². The van der Waals surface area contributed by atoms with Crippen molar-refractivity contribution in [1.29, 1.82) is 0 Å². The third-order valence-electron chi connectivity index (χ3n) is 6.22. The second-order valence-electron chi connectivity index (χ2n) is 10.2. The third kappa shape index (κ3) is 9.60. The number of cyclic esters (lactones) is 2. The average molecular weight is 497 g/mol. The fourth-order valence-corrected chi connectivity index (χ4v) is 3.90. The minimum absolute atomic E-state index is 0.0243. The molecule has 35 heavy (non-hydrogen) atoms. The molecule has 0 aliphatic carbocycles. The summed E-state index contributed by atoms with van der Waals surface area (Å²) in [5.74, 6) is -0.419. The molecule has 0 unspecified atom stereocenters. The van der Waals surface area contributed by atoms with E-state index in [1.54, 1.807) is 33.2 Å². The van der Waals surface area contributed by atoms with Crippen LogP contribution in [0.1, 0.15) is 54.4 Å². The van der Waals surface area contributed by atoms with Crippen LogP contribution in [0.15, 0.2) is 12.2 Å². The van der Waals surface area contributed by atoms with Crippen LogP contribution in [0.25, 0.3) is 0 Å². The maximum absolute atomic E-state index is 13.4. The molecular weight excluding hydrogens is 452 g/mol. The summed E-state index contributed by atoms with van der Waals surface area (Å²) < 4.78 is 10.4. The van der Waals surface area contributed by atoms with Crippen LogP contribution < -0.4 is 10.6 Å². The predicted molar refractivity (Wildman–Crippen MR) is 134 cm³/mol. The number of nitrogens with one attached hydrogen (secondary N) is 2. The first-order valence-electron chi connectivity index (χ1n) is 12.2. The van der Waals surface area contributed by atoms with Gasteiger partial charge in [-0.2, -0.15) is 0 Å². The second kappa shape index (κ2) is 13.6. The molecule has 0 aromatic rings. The van der Waals surface area contributed by atoms with Crippen molar-refractivity contribution >= 4 is 23.8 Å². The lowest BCUT2D eigenvalue weighted by Crippen LogP contribution is -2.60. The Morgan fingerprint density at radius 1 is 0.943 bits per heavy atom. The van der Waals surface area contributed by atoms with E-state index in [1.807, 2.05) is 34.6 Å². The SMILES string of the molecule is CC(C)N[C@]1(C)CCN(C)C(=O)OCC=CCOC(=O)N(C)CC[C@](C)(C(=O)C(C)C)NCC1=O. The Kier molecular flexibility index (Phi) is 11.9. The zero-order chi connectivity index (χ0) is 26.8. The van der Waals surface area contributed by atoms with Gasteiger partial charge in [-0.05, 0) is 52.7 Å². The van der Waals surface area contributed by atoms with Crippen LogP contribution in [0.4, 0.5) is 9.59 Å². The molecule has 1 aliphatic rings. The summed E-state index contributed by atoms with van der Waals surface area (Å²) in [7, 11) is 3.21. The number of ketones is 2. The standard InChI is InChI=1S/C25H44N4O6/c1-18(2)21(31)25(6)12-14-29(8)23(33)35-16-10-9-15-34-22(32)28(7)13-11-24(5,27-19(3)4)20(30)17-26-25/h9-10,18-19,26-27H,11-17H2,1-8H3/t24-,25-/m1/s1. The highest BCUT2D eigenvalue weighted by molar-refractivity contribution is 5.93. The Morgan fingerprint density at radius 3 is 1.89 bits per heavy atom. The molecule has 0 radical (unpaired) electrons. The number of carbonyl (C=O) groups is 4. The molecule has 0 saturated heterocycles. The second-order valence-corrected chi connectivity index (χ2v) is 10.2. The van der Waals surface area contributed by atoms with Gasteiger partial charge >= 0.3 is 12.2 Å². The van der Waals surface area contributed by atoms with E-state index in [0.29, 0.717) is 19.4 Å². The first-order chi connectivity index (χ1) is 16.2. The fourth-order valence-electron chi connectivity index (χ4n) is 3.90. The molecule has 2 N–H and O–H groups in total. The van der Waals surface area contributed by atoms with Crippen LogP contribution in [0.3, 0.4) is 0 Å². The molecule has 0 spiro atoms. The lowest BCUT2D eigenvalue weighted by molar-refractivity contribution is -0.129. The molecular formula is C25H44N4O6. The largest absolute Gasteiger partial charge is 0.445 e. The van der Waals surface area contributed by atoms with E-state index in [9.17, 15) is 19.2 Å². The number of amides is 2. The smallest absolute Gasteiger partial charge is 0.409 e. The van der Waals surface area contributed by atoms with E-state index in [4.69, 9.17) is 9.47 Å². The number of carbonyl (C=O) groups excluding carboxylic acids is 4. The van der Waals surface area contributed by atoms with Crippen molar-refractivity contribution in [3.05, 3.63) is 12.2 Å². The predicted octanol–water partition coefficient (Wildman–Crippen LogP) is 2.37. The van der Waals surface area contributed by atoms with Crippen LogP contribution in [0, 0.1) is 5.92 Å². The minimum Gasteiger partial charge on any atom is -0.445 e. The van der Waals surface area contributed by atoms with E-state index < -0.39 is 23.3 Å². The van der Waals surface area contributed by atoms with Gasteiger partial charge in [0.15, 0.2) is 11.6 Å². The van der Waals surface area contributed by atoms with E-state index in [2.05, 4.69) is 10.6 Å². The molecule has 1 aliphatic heterocycles. The Hall–Kier alpha value is -2.46. The molecule has 0 bridgehead atoms. The highest BCUT2D eigenvalue weighted by Crippen LogP contribution is 2.20. The van der Waals surface area contributed by atoms with Gasteiger partial charge in [0.25, 0.3) is 0 Å². The van der Waals surface area contributed by atoms with Crippen molar-refractivity contribution in [2.24, 2.45) is 5.92 Å². The molecule has 2 amide bonds. The van der Waals surface area contributed by atoms with Crippen molar-refractivity contribution in [3.8, 4) is 0 Å². The van der Waals surface area contributed by atoms with Gasteiger partial charge in [0.1, 0.15) is 13.2 Å². The first-order valence-corrected chi connectivity index (χ1v) is 12.2. The Bertz CT molecular complexity index is 784. The molecule has 1 rings (SSSR count). The molecule has 0 saturated carbocycles. The summed E-state index contributed by atoms with van der Waals surface area (Å²) in [6.45, 7) is 11.7. The quantitative estimate of drug-likeness (QED) is 0.570. The van der Waals surface area contributed by atoms with E-state index in [1.165, 1.54) is 9.80 Å². The summed E-state index contributed by atoms with van der Waals surface area (Å²) in [5.41, 5.74) is -1.94. The van der Waals surface area contributed by atoms with Crippen molar-refractivity contribution in [2.45, 2.75) is 71.5 Å². The lowest BCUT2D eigenvalue weighted by Gasteiger charge is -2.36. The maximum Gasteiger partial charge on any atom is 0.409 e. The lowest BCUT2D eigenvalue weighted by atomic mass is 9.84. The van der Waals surface area contributed by atoms with Gasteiger partial charge < -0.3 is 24.6 Å². The van der Waals surface area contributed by atoms with Crippen LogP contribution in [0.2, 0.25) is 0 Å². The average Bonchev–Trinajstić information content (AvgIpc) is 2.79. The molecule has 2 atom stereocenters. The van der Waals surface area contributed by atoms with Gasteiger partial charge in [0.2, 0.25) is 0 Å². The normalized spacial score (nSPS) is 26.7. The van der Waals surface area contributed by atoms with Gasteiger partial charge in [0, 0.05) is 39.1 Å². The van der Waals surface area contributed by atoms with Crippen LogP contribution in [-0.4, -0.2) is 97.6 Å². The van der Waals surface area contributed by atoms with Gasteiger partial charge in [-0.25, -0.2) is 9.59 Å². The van der Waals surface area contributed by atoms with Crippen molar-refractivity contribution in [1.82, 2.24) is 20.4 Å². The summed E-state index contributed by atoms with van der Waals surface area (Å²) in [5, 5.41) is 6.52. The number of hydrogen-bond acceptors (Lipinski definition) is 8. The molecule has 10 nitrogen and oxygen atoms in total. The zero-order valence-corrected chi connectivity index (χ0v) is 22.6. The topological polar surface area (TPSA) is 117 Å². The van der Waals surface area contributed by atoms with Gasteiger partial charge in [-0.15, -0.1) is 0 Å². The van der Waals surface area contributed by atoms with E-state index in [0.717, 1.165) is 0 Å². The van der Waals surface area contributed by atoms with Crippen LogP contribution in [0.5, 0.6) is 0 Å². The van der Waals surface area contributed by atoms with Gasteiger partial charge in [-0.3, -0.25) is 14.9 Å². The third-order valence-corrected chi connectivity index (χ3v) is 6.22. The molecule has 10 heteroatoms. The molecule has 1 heterocycles. The van der Waals surface area contributed by atoms with Gasteiger partial charge in [0.05, 0.1) is 17.6 Å². The van der Waals surface area contributed by atoms with Crippen molar-refractivity contribution in [3.63, 3.8) is 0 Å². The molecule has 0 fully saturated rings. The van der Waals surface area contributed by atoms with Crippen LogP contribution >= 0.6 is 0 Å². The Labute approximate surface area is 209 Å². The maximum atomic E-state index is 13.4. The molecule has 200 valence electrons. The summed E-state index contributed by atoms with van der Waals surface area (Å²) in [6.07, 6.45) is 2.84. The molecule has 0 aromatic heterocycles. The zero-order valence-electron chi connectivity index (χ0n) is 22.6. The van der Waals surface area contributed by atoms with Crippen LogP contribution in [-0.2, 0) is 19.1 Å². The monoisotopic (exact) mass is 496 g/mol.